The number of rotatable bonds is 2. The average Bonchev–Trinajstić information content (AvgIpc) is 2.23. The van der Waals surface area contributed by atoms with E-state index in [4.69, 9.17) is 5.11 Å². The Morgan fingerprint density at radius 1 is 1.13 bits per heavy atom. The van der Waals surface area contributed by atoms with Gasteiger partial charge in [0.05, 0.1) is 0 Å². The number of hydrogen-bond acceptors (Lipinski definition) is 2. The molecule has 0 aromatic heterocycles. The molecule has 0 radical (unpaired) electrons. The average molecular weight is 226 g/mol. The molecule has 1 N–H and O–H groups in total. The maximum Gasteiger partial charge on any atom is 0.115 e. The summed E-state index contributed by atoms with van der Waals surface area (Å²) in [6.07, 6.45) is 5.59. The quantitative estimate of drug-likeness (QED) is 0.783. The van der Waals surface area contributed by atoms with E-state index in [9.17, 15) is 0 Å². The van der Waals surface area contributed by atoms with Crippen molar-refractivity contribution < 1.29 is 5.11 Å². The zero-order valence-electron chi connectivity index (χ0n) is 8.60. The van der Waals surface area contributed by atoms with Gasteiger partial charge in [-0.15, -0.1) is 12.4 Å². The number of hydrogen-bond donors (Lipinski definition) is 1. The molecule has 82 valence electrons. The molecule has 3 heteroatoms. The zero-order chi connectivity index (χ0) is 9.80. The van der Waals surface area contributed by atoms with Crippen LogP contribution in [0.15, 0.2) is 36.4 Å². The molecule has 1 aromatic carbocycles. The second kappa shape index (κ2) is 5.79. The van der Waals surface area contributed by atoms with E-state index < -0.39 is 0 Å². The molecular formula is C12H16ClNO. The Morgan fingerprint density at radius 2 is 1.87 bits per heavy atom. The fourth-order valence-corrected chi connectivity index (χ4v) is 1.69. The summed E-state index contributed by atoms with van der Waals surface area (Å²) < 4.78 is 0. The third kappa shape index (κ3) is 3.57. The van der Waals surface area contributed by atoms with Crippen LogP contribution >= 0.6 is 12.4 Å². The van der Waals surface area contributed by atoms with Crippen molar-refractivity contribution in [2.45, 2.75) is 13.0 Å². The van der Waals surface area contributed by atoms with Crippen LogP contribution < -0.4 is 0 Å². The van der Waals surface area contributed by atoms with Gasteiger partial charge < -0.3 is 5.11 Å². The van der Waals surface area contributed by atoms with Gasteiger partial charge >= 0.3 is 0 Å². The maximum absolute atomic E-state index is 9.14. The van der Waals surface area contributed by atoms with Crippen molar-refractivity contribution in [3.05, 3.63) is 42.0 Å². The Kier molecular flexibility index (Phi) is 4.66. The number of phenols is 1. The summed E-state index contributed by atoms with van der Waals surface area (Å²) >= 11 is 0. The summed E-state index contributed by atoms with van der Waals surface area (Å²) in [6, 6.07) is 7.45. The first-order valence-electron chi connectivity index (χ1n) is 5.00. The maximum atomic E-state index is 9.14. The van der Waals surface area contributed by atoms with E-state index >= 15 is 0 Å². The third-order valence-electron chi connectivity index (χ3n) is 2.48. The van der Waals surface area contributed by atoms with E-state index in [2.05, 4.69) is 17.1 Å². The summed E-state index contributed by atoms with van der Waals surface area (Å²) in [5.41, 5.74) is 1.26. The number of phenolic OH excluding ortho intramolecular Hbond substituents is 1. The molecule has 2 rings (SSSR count). The number of benzene rings is 1. The van der Waals surface area contributed by atoms with Crippen LogP contribution in [-0.2, 0) is 6.54 Å². The lowest BCUT2D eigenvalue weighted by Crippen LogP contribution is -2.26. The van der Waals surface area contributed by atoms with E-state index in [0.29, 0.717) is 5.75 Å². The highest BCUT2D eigenvalue weighted by Gasteiger charge is 2.06. The van der Waals surface area contributed by atoms with E-state index in [1.807, 2.05) is 12.1 Å². The minimum Gasteiger partial charge on any atom is -0.508 e. The van der Waals surface area contributed by atoms with Gasteiger partial charge in [-0.05, 0) is 24.1 Å². The summed E-state index contributed by atoms with van der Waals surface area (Å²) in [5.74, 6) is 0.340. The van der Waals surface area contributed by atoms with Gasteiger partial charge in [0, 0.05) is 19.6 Å². The Morgan fingerprint density at radius 3 is 2.47 bits per heavy atom. The smallest absolute Gasteiger partial charge is 0.115 e. The normalized spacial score (nSPS) is 16.0. The number of nitrogens with zero attached hydrogens (tertiary/aromatic N) is 1. The second-order valence-corrected chi connectivity index (χ2v) is 3.66. The molecule has 0 saturated carbocycles. The van der Waals surface area contributed by atoms with Crippen molar-refractivity contribution in [2.75, 3.05) is 13.1 Å². The highest BCUT2D eigenvalue weighted by atomic mass is 35.5. The molecule has 1 heterocycles. The van der Waals surface area contributed by atoms with Crippen LogP contribution in [0.3, 0.4) is 0 Å². The molecule has 15 heavy (non-hydrogen) atoms. The van der Waals surface area contributed by atoms with Gasteiger partial charge in [-0.2, -0.15) is 0 Å². The molecule has 0 saturated heterocycles. The monoisotopic (exact) mass is 225 g/mol. The molecule has 0 bridgehead atoms. The molecule has 1 aromatic rings. The Hall–Kier alpha value is -0.990. The fraction of sp³-hybridized carbons (Fsp3) is 0.333. The van der Waals surface area contributed by atoms with Crippen molar-refractivity contribution in [2.24, 2.45) is 0 Å². The fourth-order valence-electron chi connectivity index (χ4n) is 1.69. The van der Waals surface area contributed by atoms with Crippen LogP contribution in [0.1, 0.15) is 12.0 Å². The van der Waals surface area contributed by atoms with Crippen molar-refractivity contribution in [1.82, 2.24) is 4.90 Å². The van der Waals surface area contributed by atoms with Gasteiger partial charge in [-0.3, -0.25) is 4.90 Å². The van der Waals surface area contributed by atoms with Gasteiger partial charge in [-0.25, -0.2) is 0 Å². The highest BCUT2D eigenvalue weighted by molar-refractivity contribution is 5.85. The largest absolute Gasteiger partial charge is 0.508 e. The van der Waals surface area contributed by atoms with Crippen molar-refractivity contribution in [1.29, 1.82) is 0 Å². The molecule has 2 nitrogen and oxygen atoms in total. The molecule has 0 unspecified atom stereocenters. The number of aromatic hydroxyl groups is 1. The number of halogens is 1. The Balaban J connectivity index is 0.00000112. The third-order valence-corrected chi connectivity index (χ3v) is 2.48. The van der Waals surface area contributed by atoms with Crippen LogP contribution in [0.4, 0.5) is 0 Å². The lowest BCUT2D eigenvalue weighted by atomic mass is 10.2. The standard InChI is InChI=1S/C12H15NO.ClH/c14-12-6-4-11(5-7-12)10-13-8-2-1-3-9-13;/h1-2,4-7,14H,3,8-10H2;1H. The van der Waals surface area contributed by atoms with Crippen molar-refractivity contribution in [3.63, 3.8) is 0 Å². The first-order valence-corrected chi connectivity index (χ1v) is 5.00. The van der Waals surface area contributed by atoms with Gasteiger partial charge in [0.2, 0.25) is 0 Å². The first-order chi connectivity index (χ1) is 6.84. The van der Waals surface area contributed by atoms with Gasteiger partial charge in [0.1, 0.15) is 5.75 Å². The summed E-state index contributed by atoms with van der Waals surface area (Å²) in [4.78, 5) is 2.40. The van der Waals surface area contributed by atoms with Crippen molar-refractivity contribution >= 4 is 12.4 Å². The molecule has 0 amide bonds. The molecular weight excluding hydrogens is 210 g/mol. The van der Waals surface area contributed by atoms with E-state index in [0.717, 1.165) is 26.1 Å². The summed E-state index contributed by atoms with van der Waals surface area (Å²) in [7, 11) is 0. The Labute approximate surface area is 96.6 Å². The zero-order valence-corrected chi connectivity index (χ0v) is 9.41. The molecule has 0 aliphatic carbocycles. The molecule has 0 spiro atoms. The van der Waals surface area contributed by atoms with E-state index in [1.165, 1.54) is 5.56 Å². The molecule has 1 aliphatic heterocycles. The summed E-state index contributed by atoms with van der Waals surface area (Å²) in [5, 5.41) is 9.14. The minimum absolute atomic E-state index is 0. The summed E-state index contributed by atoms with van der Waals surface area (Å²) in [6.45, 7) is 3.16. The second-order valence-electron chi connectivity index (χ2n) is 3.66. The van der Waals surface area contributed by atoms with Crippen LogP contribution in [-0.4, -0.2) is 23.1 Å². The van der Waals surface area contributed by atoms with Crippen LogP contribution in [0.5, 0.6) is 5.75 Å². The SMILES string of the molecule is Cl.Oc1ccc(CN2CC=CCC2)cc1. The Bertz CT molecular complexity index is 321. The molecule has 1 aliphatic rings. The first kappa shape index (κ1) is 12.1. The lowest BCUT2D eigenvalue weighted by Gasteiger charge is -2.22. The van der Waals surface area contributed by atoms with Gasteiger partial charge in [0.25, 0.3) is 0 Å². The van der Waals surface area contributed by atoms with Crippen LogP contribution in [0.2, 0.25) is 0 Å². The van der Waals surface area contributed by atoms with Gasteiger partial charge in [0.15, 0.2) is 0 Å². The lowest BCUT2D eigenvalue weighted by molar-refractivity contribution is 0.290. The van der Waals surface area contributed by atoms with Crippen LogP contribution in [0, 0.1) is 0 Å². The van der Waals surface area contributed by atoms with E-state index in [-0.39, 0.29) is 12.4 Å². The van der Waals surface area contributed by atoms with Crippen LogP contribution in [0.25, 0.3) is 0 Å². The van der Waals surface area contributed by atoms with E-state index in [1.54, 1.807) is 12.1 Å². The molecule has 0 fully saturated rings. The topological polar surface area (TPSA) is 23.5 Å². The van der Waals surface area contributed by atoms with Gasteiger partial charge in [-0.1, -0.05) is 24.3 Å². The highest BCUT2D eigenvalue weighted by Crippen LogP contribution is 2.12. The predicted molar refractivity (Wildman–Crippen MR) is 64.4 cm³/mol. The van der Waals surface area contributed by atoms with Crippen molar-refractivity contribution in [3.8, 4) is 5.75 Å². The minimum atomic E-state index is 0. The predicted octanol–water partition coefficient (Wildman–Crippen LogP) is 2.58. The molecule has 0 atom stereocenters.